The molecule has 0 aromatic heterocycles. The van der Waals surface area contributed by atoms with Crippen LogP contribution in [0.15, 0.2) is 24.3 Å². The van der Waals surface area contributed by atoms with E-state index in [1.807, 2.05) is 34.1 Å². The van der Waals surface area contributed by atoms with Crippen LogP contribution in [0.25, 0.3) is 0 Å². The molecule has 3 rings (SSSR count). The van der Waals surface area contributed by atoms with E-state index in [9.17, 15) is 9.59 Å². The van der Waals surface area contributed by atoms with Crippen molar-refractivity contribution in [3.05, 3.63) is 29.8 Å². The molecule has 1 aliphatic heterocycles. The minimum Gasteiger partial charge on any atom is -0.497 e. The summed E-state index contributed by atoms with van der Waals surface area (Å²) in [5.74, 6) is 1.05. The Hall–Kier alpha value is -2.08. The number of rotatable bonds is 5. The minimum absolute atomic E-state index is 0.0764. The summed E-state index contributed by atoms with van der Waals surface area (Å²) in [4.78, 5) is 29.0. The van der Waals surface area contributed by atoms with Gasteiger partial charge in [-0.15, -0.1) is 0 Å². The predicted molar refractivity (Wildman–Crippen MR) is 104 cm³/mol. The summed E-state index contributed by atoms with van der Waals surface area (Å²) < 4.78 is 5.15. The molecule has 1 heterocycles. The Balaban J connectivity index is 1.45. The molecule has 2 fully saturated rings. The van der Waals surface area contributed by atoms with Gasteiger partial charge in [-0.05, 0) is 37.0 Å². The Kier molecular flexibility index (Phi) is 6.37. The van der Waals surface area contributed by atoms with Gasteiger partial charge in [0, 0.05) is 32.6 Å². The molecule has 6 nitrogen and oxygen atoms in total. The fourth-order valence-electron chi connectivity index (χ4n) is 4.07. The molecule has 6 heteroatoms. The number of nitrogens with zero attached hydrogens (tertiary/aromatic N) is 2. The van der Waals surface area contributed by atoms with Crippen LogP contribution in [0, 0.1) is 0 Å². The van der Waals surface area contributed by atoms with Crippen molar-refractivity contribution in [3.63, 3.8) is 0 Å². The van der Waals surface area contributed by atoms with Crippen LogP contribution < -0.4 is 10.5 Å². The van der Waals surface area contributed by atoms with Gasteiger partial charge in [-0.1, -0.05) is 31.4 Å². The monoisotopic (exact) mass is 373 g/mol. The molecule has 0 bridgehead atoms. The minimum atomic E-state index is -0.682. The van der Waals surface area contributed by atoms with E-state index in [-0.39, 0.29) is 11.8 Å². The molecular formula is C21H31N3O3. The lowest BCUT2D eigenvalue weighted by atomic mass is 9.81. The lowest BCUT2D eigenvalue weighted by Crippen LogP contribution is -2.60. The maximum absolute atomic E-state index is 12.8. The highest BCUT2D eigenvalue weighted by atomic mass is 16.5. The molecule has 1 aromatic rings. The lowest BCUT2D eigenvalue weighted by Gasteiger charge is -2.41. The quantitative estimate of drug-likeness (QED) is 0.856. The highest BCUT2D eigenvalue weighted by molar-refractivity contribution is 5.86. The Morgan fingerprint density at radius 2 is 1.59 bits per heavy atom. The van der Waals surface area contributed by atoms with Crippen LogP contribution in [0.1, 0.15) is 44.1 Å². The van der Waals surface area contributed by atoms with Crippen molar-refractivity contribution in [3.8, 4) is 5.75 Å². The van der Waals surface area contributed by atoms with Crippen molar-refractivity contribution in [1.82, 2.24) is 9.80 Å². The number of nitrogens with two attached hydrogens (primary N) is 1. The maximum atomic E-state index is 12.8. The second-order valence-corrected chi connectivity index (χ2v) is 7.74. The zero-order chi connectivity index (χ0) is 19.3. The van der Waals surface area contributed by atoms with Crippen LogP contribution in [0.2, 0.25) is 0 Å². The van der Waals surface area contributed by atoms with Gasteiger partial charge >= 0.3 is 0 Å². The fraction of sp³-hybridized carbons (Fsp3) is 0.619. The number of amides is 2. The van der Waals surface area contributed by atoms with Gasteiger partial charge in [0.05, 0.1) is 12.6 Å². The van der Waals surface area contributed by atoms with Crippen molar-refractivity contribution < 1.29 is 14.3 Å². The highest BCUT2D eigenvalue weighted by Crippen LogP contribution is 2.28. The standard InChI is InChI=1S/C21H31N3O3/c1-27-18-8-5-17(6-9-18)7-10-19(25)23-13-15-24(16-14-23)20(26)21(22)11-3-2-4-12-21/h5-6,8-9H,2-4,7,10-16,22H2,1H3. The van der Waals surface area contributed by atoms with Gasteiger partial charge in [0.15, 0.2) is 0 Å². The summed E-state index contributed by atoms with van der Waals surface area (Å²) in [5, 5.41) is 0. The molecule has 148 valence electrons. The number of hydrogen-bond acceptors (Lipinski definition) is 4. The Morgan fingerprint density at radius 1 is 1.00 bits per heavy atom. The second-order valence-electron chi connectivity index (χ2n) is 7.74. The van der Waals surface area contributed by atoms with Crippen LogP contribution in [0.5, 0.6) is 5.75 Å². The first-order valence-corrected chi connectivity index (χ1v) is 10.0. The molecule has 2 aliphatic rings. The molecule has 0 spiro atoms. The summed E-state index contributed by atoms with van der Waals surface area (Å²) in [6.07, 6.45) is 6.01. The number of ether oxygens (including phenoxy) is 1. The zero-order valence-corrected chi connectivity index (χ0v) is 16.3. The highest BCUT2D eigenvalue weighted by Gasteiger charge is 2.39. The Morgan fingerprint density at radius 3 is 2.19 bits per heavy atom. The first-order chi connectivity index (χ1) is 13.0. The molecule has 2 amide bonds. The number of benzene rings is 1. The summed E-state index contributed by atoms with van der Waals surface area (Å²) in [6, 6.07) is 7.82. The first kappa shape index (κ1) is 19.7. The van der Waals surface area contributed by atoms with E-state index < -0.39 is 5.54 Å². The van der Waals surface area contributed by atoms with Crippen LogP contribution in [-0.2, 0) is 16.0 Å². The van der Waals surface area contributed by atoms with E-state index in [1.54, 1.807) is 7.11 Å². The number of carbonyl (C=O) groups excluding carboxylic acids is 2. The molecule has 0 atom stereocenters. The van der Waals surface area contributed by atoms with Crippen LogP contribution in [0.3, 0.4) is 0 Å². The van der Waals surface area contributed by atoms with Crippen molar-refractivity contribution in [2.24, 2.45) is 5.73 Å². The molecule has 2 N–H and O–H groups in total. The first-order valence-electron chi connectivity index (χ1n) is 10.0. The maximum Gasteiger partial charge on any atom is 0.242 e. The third kappa shape index (κ3) is 4.80. The number of aryl methyl sites for hydroxylation is 1. The number of methoxy groups -OCH3 is 1. The molecule has 0 radical (unpaired) electrons. The van der Waals surface area contributed by atoms with Gasteiger partial charge in [0.2, 0.25) is 11.8 Å². The molecular weight excluding hydrogens is 342 g/mol. The normalized spacial score (nSPS) is 19.6. The van der Waals surface area contributed by atoms with Crippen molar-refractivity contribution in [1.29, 1.82) is 0 Å². The van der Waals surface area contributed by atoms with Gasteiger partial charge in [-0.2, -0.15) is 0 Å². The van der Waals surface area contributed by atoms with E-state index in [1.165, 1.54) is 6.42 Å². The SMILES string of the molecule is COc1ccc(CCC(=O)N2CCN(C(=O)C3(N)CCCCC3)CC2)cc1. The largest absolute Gasteiger partial charge is 0.497 e. The average Bonchev–Trinajstić information content (AvgIpc) is 2.72. The lowest BCUT2D eigenvalue weighted by molar-refractivity contribution is -0.144. The Labute approximate surface area is 161 Å². The summed E-state index contributed by atoms with van der Waals surface area (Å²) in [6.45, 7) is 2.38. The molecule has 0 unspecified atom stereocenters. The van der Waals surface area contributed by atoms with Crippen molar-refractivity contribution >= 4 is 11.8 Å². The zero-order valence-electron chi connectivity index (χ0n) is 16.3. The molecule has 1 saturated heterocycles. The molecule has 27 heavy (non-hydrogen) atoms. The van der Waals surface area contributed by atoms with Crippen molar-refractivity contribution in [2.45, 2.75) is 50.5 Å². The number of hydrogen-bond donors (Lipinski definition) is 1. The fourth-order valence-corrected chi connectivity index (χ4v) is 4.07. The third-order valence-corrected chi connectivity index (χ3v) is 5.88. The van der Waals surface area contributed by atoms with E-state index in [0.717, 1.165) is 37.0 Å². The van der Waals surface area contributed by atoms with E-state index in [4.69, 9.17) is 10.5 Å². The van der Waals surface area contributed by atoms with E-state index in [2.05, 4.69) is 0 Å². The topological polar surface area (TPSA) is 75.9 Å². The smallest absolute Gasteiger partial charge is 0.242 e. The van der Waals surface area contributed by atoms with Crippen LogP contribution in [-0.4, -0.2) is 60.4 Å². The number of carbonyl (C=O) groups is 2. The van der Waals surface area contributed by atoms with Crippen molar-refractivity contribution in [2.75, 3.05) is 33.3 Å². The van der Waals surface area contributed by atoms with Gasteiger partial charge in [-0.25, -0.2) is 0 Å². The summed E-state index contributed by atoms with van der Waals surface area (Å²) >= 11 is 0. The van der Waals surface area contributed by atoms with E-state index in [0.29, 0.717) is 39.0 Å². The summed E-state index contributed by atoms with van der Waals surface area (Å²) in [7, 11) is 1.64. The number of piperazine rings is 1. The molecule has 1 saturated carbocycles. The Bertz CT molecular complexity index is 645. The third-order valence-electron chi connectivity index (χ3n) is 5.88. The van der Waals surface area contributed by atoms with Crippen LogP contribution in [0.4, 0.5) is 0 Å². The summed E-state index contributed by atoms with van der Waals surface area (Å²) in [5.41, 5.74) is 6.82. The van der Waals surface area contributed by atoms with Gasteiger partial charge in [0.1, 0.15) is 5.75 Å². The van der Waals surface area contributed by atoms with Crippen LogP contribution >= 0.6 is 0 Å². The average molecular weight is 373 g/mol. The molecule has 1 aromatic carbocycles. The van der Waals surface area contributed by atoms with Gasteiger partial charge in [0.25, 0.3) is 0 Å². The van der Waals surface area contributed by atoms with Gasteiger partial charge in [-0.3, -0.25) is 9.59 Å². The predicted octanol–water partition coefficient (Wildman–Crippen LogP) is 1.96. The van der Waals surface area contributed by atoms with E-state index >= 15 is 0 Å². The van der Waals surface area contributed by atoms with Gasteiger partial charge < -0.3 is 20.3 Å². The second kappa shape index (κ2) is 8.74. The molecule has 1 aliphatic carbocycles.